The number of esters is 1. The Hall–Kier alpha value is -2.24. The molecule has 1 rings (SSSR count). The van der Waals surface area contributed by atoms with Gasteiger partial charge in [0.2, 0.25) is 0 Å². The fraction of sp³-hybridized carbons (Fsp3) is 0.385. The van der Waals surface area contributed by atoms with Crippen molar-refractivity contribution in [3.63, 3.8) is 0 Å². The highest BCUT2D eigenvalue weighted by atomic mass is 16.5. The number of carbonyl (C=O) groups is 2. The molecule has 0 radical (unpaired) electrons. The maximum Gasteiger partial charge on any atom is 0.307 e. The number of carbonyl (C=O) groups excluding carboxylic acids is 2. The van der Waals surface area contributed by atoms with Crippen molar-refractivity contribution in [2.24, 2.45) is 0 Å². The van der Waals surface area contributed by atoms with Gasteiger partial charge in [0.15, 0.2) is 0 Å². The van der Waals surface area contributed by atoms with Crippen LogP contribution in [0.1, 0.15) is 16.8 Å². The summed E-state index contributed by atoms with van der Waals surface area (Å²) in [6.45, 7) is 0.200. The van der Waals surface area contributed by atoms with E-state index in [1.165, 1.54) is 21.3 Å². The molecule has 0 aliphatic rings. The summed E-state index contributed by atoms with van der Waals surface area (Å²) in [6, 6.07) is 4.92. The van der Waals surface area contributed by atoms with Crippen LogP contribution in [0.5, 0.6) is 11.5 Å². The normalized spacial score (nSPS) is 9.63. The molecule has 0 aromatic heterocycles. The highest BCUT2D eigenvalue weighted by molar-refractivity contribution is 5.97. The molecule has 6 nitrogen and oxygen atoms in total. The third kappa shape index (κ3) is 4.17. The lowest BCUT2D eigenvalue weighted by Crippen LogP contribution is -2.26. The van der Waals surface area contributed by atoms with Gasteiger partial charge < -0.3 is 19.5 Å². The molecule has 6 heteroatoms. The van der Waals surface area contributed by atoms with Crippen LogP contribution in [-0.2, 0) is 9.53 Å². The minimum atomic E-state index is -0.377. The lowest BCUT2D eigenvalue weighted by atomic mass is 10.1. The van der Waals surface area contributed by atoms with E-state index in [0.717, 1.165) is 0 Å². The molecule has 0 fully saturated rings. The van der Waals surface area contributed by atoms with Gasteiger partial charge in [0, 0.05) is 6.54 Å². The van der Waals surface area contributed by atoms with Gasteiger partial charge in [-0.1, -0.05) is 0 Å². The van der Waals surface area contributed by atoms with E-state index in [2.05, 4.69) is 10.1 Å². The van der Waals surface area contributed by atoms with Crippen LogP contribution in [0.15, 0.2) is 18.2 Å². The zero-order chi connectivity index (χ0) is 14.3. The minimum Gasteiger partial charge on any atom is -0.497 e. The molecule has 0 bridgehead atoms. The quantitative estimate of drug-likeness (QED) is 0.778. The van der Waals surface area contributed by atoms with Crippen LogP contribution in [0.2, 0.25) is 0 Å². The number of ether oxygens (including phenoxy) is 3. The number of methoxy groups -OCH3 is 3. The van der Waals surface area contributed by atoms with Crippen molar-refractivity contribution >= 4 is 11.9 Å². The summed E-state index contributed by atoms with van der Waals surface area (Å²) in [6.07, 6.45) is 0.120. The van der Waals surface area contributed by atoms with Crippen molar-refractivity contribution in [2.45, 2.75) is 6.42 Å². The van der Waals surface area contributed by atoms with Crippen LogP contribution < -0.4 is 14.8 Å². The molecule has 104 valence electrons. The molecule has 1 amide bonds. The standard InChI is InChI=1S/C13H17NO5/c1-17-9-4-5-11(18-2)10(8-9)13(16)14-7-6-12(15)19-3/h4-5,8H,6-7H2,1-3H3,(H,14,16). The van der Waals surface area contributed by atoms with Crippen molar-refractivity contribution in [1.82, 2.24) is 5.32 Å². The number of hydrogen-bond donors (Lipinski definition) is 1. The third-order valence-electron chi connectivity index (χ3n) is 2.49. The summed E-state index contributed by atoms with van der Waals surface area (Å²) in [7, 11) is 4.29. The molecular weight excluding hydrogens is 250 g/mol. The fourth-order valence-electron chi connectivity index (χ4n) is 1.47. The molecule has 0 unspecified atom stereocenters. The predicted molar refractivity (Wildman–Crippen MR) is 68.5 cm³/mol. The Morgan fingerprint density at radius 2 is 1.89 bits per heavy atom. The Bertz CT molecular complexity index is 458. The molecular formula is C13H17NO5. The number of benzene rings is 1. The molecule has 0 aliphatic carbocycles. The predicted octanol–water partition coefficient (Wildman–Crippen LogP) is 0.997. The second-order valence-corrected chi connectivity index (χ2v) is 3.65. The van der Waals surface area contributed by atoms with Gasteiger partial charge in [0.25, 0.3) is 5.91 Å². The SMILES string of the molecule is COC(=O)CCNC(=O)c1cc(OC)ccc1OC. The lowest BCUT2D eigenvalue weighted by molar-refractivity contribution is -0.140. The Kier molecular flexibility index (Phi) is 5.66. The molecule has 0 heterocycles. The lowest BCUT2D eigenvalue weighted by Gasteiger charge is -2.10. The maximum atomic E-state index is 12.0. The van der Waals surface area contributed by atoms with Gasteiger partial charge in [-0.05, 0) is 18.2 Å². The van der Waals surface area contributed by atoms with E-state index in [4.69, 9.17) is 9.47 Å². The van der Waals surface area contributed by atoms with E-state index in [1.807, 2.05) is 0 Å². The van der Waals surface area contributed by atoms with Crippen molar-refractivity contribution in [1.29, 1.82) is 0 Å². The fourth-order valence-corrected chi connectivity index (χ4v) is 1.47. The van der Waals surface area contributed by atoms with E-state index in [-0.39, 0.29) is 24.8 Å². The van der Waals surface area contributed by atoms with Crippen molar-refractivity contribution < 1.29 is 23.8 Å². The van der Waals surface area contributed by atoms with E-state index in [9.17, 15) is 9.59 Å². The Morgan fingerprint density at radius 3 is 2.47 bits per heavy atom. The first-order valence-electron chi connectivity index (χ1n) is 5.69. The van der Waals surface area contributed by atoms with E-state index >= 15 is 0 Å². The van der Waals surface area contributed by atoms with Gasteiger partial charge in [0.1, 0.15) is 11.5 Å². The van der Waals surface area contributed by atoms with Crippen LogP contribution in [0.25, 0.3) is 0 Å². The largest absolute Gasteiger partial charge is 0.497 e. The number of nitrogens with one attached hydrogen (secondary N) is 1. The van der Waals surface area contributed by atoms with Gasteiger partial charge in [-0.15, -0.1) is 0 Å². The molecule has 0 atom stereocenters. The second kappa shape index (κ2) is 7.25. The van der Waals surface area contributed by atoms with Gasteiger partial charge in [-0.2, -0.15) is 0 Å². The molecule has 1 aromatic rings. The average Bonchev–Trinajstić information content (AvgIpc) is 2.45. The van der Waals surface area contributed by atoms with Crippen LogP contribution in [-0.4, -0.2) is 39.8 Å². The van der Waals surface area contributed by atoms with Crippen LogP contribution in [0, 0.1) is 0 Å². The van der Waals surface area contributed by atoms with Gasteiger partial charge in [-0.25, -0.2) is 0 Å². The number of hydrogen-bond acceptors (Lipinski definition) is 5. The van der Waals surface area contributed by atoms with E-state index in [1.54, 1.807) is 18.2 Å². The summed E-state index contributed by atoms with van der Waals surface area (Å²) < 4.78 is 14.6. The van der Waals surface area contributed by atoms with Crippen molar-refractivity contribution in [3.05, 3.63) is 23.8 Å². The molecule has 0 aliphatic heterocycles. The molecule has 1 N–H and O–H groups in total. The minimum absolute atomic E-state index is 0.120. The molecule has 0 spiro atoms. The van der Waals surface area contributed by atoms with Crippen molar-refractivity contribution in [2.75, 3.05) is 27.9 Å². The molecule has 1 aromatic carbocycles. The highest BCUT2D eigenvalue weighted by Crippen LogP contribution is 2.23. The number of amides is 1. The zero-order valence-corrected chi connectivity index (χ0v) is 11.2. The maximum absolute atomic E-state index is 12.0. The van der Waals surface area contributed by atoms with Gasteiger partial charge in [0.05, 0.1) is 33.3 Å². The summed E-state index contributed by atoms with van der Waals surface area (Å²) in [5.74, 6) is 0.285. The summed E-state index contributed by atoms with van der Waals surface area (Å²) >= 11 is 0. The van der Waals surface area contributed by atoms with Crippen LogP contribution in [0.3, 0.4) is 0 Å². The molecule has 19 heavy (non-hydrogen) atoms. The summed E-state index contributed by atoms with van der Waals surface area (Å²) in [4.78, 5) is 22.9. The monoisotopic (exact) mass is 267 g/mol. The Labute approximate surface area is 111 Å². The number of rotatable bonds is 6. The average molecular weight is 267 g/mol. The second-order valence-electron chi connectivity index (χ2n) is 3.65. The first-order valence-corrected chi connectivity index (χ1v) is 5.69. The Balaban J connectivity index is 2.72. The molecule has 0 saturated heterocycles. The van der Waals surface area contributed by atoms with Gasteiger partial charge in [-0.3, -0.25) is 9.59 Å². The van der Waals surface area contributed by atoms with E-state index < -0.39 is 0 Å². The van der Waals surface area contributed by atoms with Crippen LogP contribution >= 0.6 is 0 Å². The zero-order valence-electron chi connectivity index (χ0n) is 11.2. The molecule has 0 saturated carbocycles. The third-order valence-corrected chi connectivity index (χ3v) is 2.49. The Morgan fingerprint density at radius 1 is 1.16 bits per heavy atom. The first kappa shape index (κ1) is 14.8. The smallest absolute Gasteiger partial charge is 0.307 e. The summed E-state index contributed by atoms with van der Waals surface area (Å²) in [5, 5.41) is 2.61. The topological polar surface area (TPSA) is 73.9 Å². The first-order chi connectivity index (χ1) is 9.12. The van der Waals surface area contributed by atoms with Gasteiger partial charge >= 0.3 is 5.97 Å². The van der Waals surface area contributed by atoms with Crippen molar-refractivity contribution in [3.8, 4) is 11.5 Å². The van der Waals surface area contributed by atoms with E-state index in [0.29, 0.717) is 17.1 Å². The highest BCUT2D eigenvalue weighted by Gasteiger charge is 2.13. The summed E-state index contributed by atoms with van der Waals surface area (Å²) in [5.41, 5.74) is 0.353. The van der Waals surface area contributed by atoms with Crippen LogP contribution in [0.4, 0.5) is 0 Å².